The molecule has 0 unspecified atom stereocenters. The first-order valence-corrected chi connectivity index (χ1v) is 9.44. The number of rotatable bonds is 5. The fraction of sp³-hybridized carbons (Fsp3) is 0.0455. The second kappa shape index (κ2) is 8.26. The first-order valence-electron chi connectivity index (χ1n) is 9.06. The van der Waals surface area contributed by atoms with Crippen LogP contribution in [-0.4, -0.2) is 28.2 Å². The van der Waals surface area contributed by atoms with E-state index in [2.05, 4.69) is 10.4 Å². The molecule has 0 spiro atoms. The number of fused-ring (bicyclic) bond motifs is 1. The Morgan fingerprint density at radius 3 is 2.70 bits per heavy atom. The molecule has 3 N–H and O–H groups in total. The third kappa shape index (κ3) is 4.42. The predicted molar refractivity (Wildman–Crippen MR) is 115 cm³/mol. The number of nitrogens with one attached hydrogen (secondary N) is 1. The molecule has 30 heavy (non-hydrogen) atoms. The van der Waals surface area contributed by atoms with Crippen LogP contribution in [0.15, 0.2) is 72.5 Å². The molecule has 1 aliphatic rings. The molecule has 1 aliphatic heterocycles. The van der Waals surface area contributed by atoms with Gasteiger partial charge in [0.2, 0.25) is 5.91 Å². The maximum absolute atomic E-state index is 12.2. The molecule has 0 bridgehead atoms. The van der Waals surface area contributed by atoms with Gasteiger partial charge in [0.1, 0.15) is 18.1 Å². The standard InChI is InChI=1S/C22H17ClN4O3/c23-16-2-7-20-15(12-16)11-14(13-30-20)1-8-21(28)25-17-3-5-18(6-4-17)27-10-9-19(26-27)22(24)29/h1-12H,13H2,(H2,24,29)(H,25,28)/b8-1+. The lowest BCUT2D eigenvalue weighted by atomic mass is 10.1. The molecule has 150 valence electrons. The predicted octanol–water partition coefficient (Wildman–Crippen LogP) is 3.60. The summed E-state index contributed by atoms with van der Waals surface area (Å²) < 4.78 is 7.20. The van der Waals surface area contributed by atoms with E-state index in [1.807, 2.05) is 18.2 Å². The molecular formula is C22H17ClN4O3. The van der Waals surface area contributed by atoms with Gasteiger partial charge >= 0.3 is 0 Å². The van der Waals surface area contributed by atoms with Crippen molar-refractivity contribution in [2.75, 3.05) is 11.9 Å². The van der Waals surface area contributed by atoms with Crippen LogP contribution in [0.3, 0.4) is 0 Å². The zero-order valence-corrected chi connectivity index (χ0v) is 16.5. The number of primary amides is 1. The lowest BCUT2D eigenvalue weighted by molar-refractivity contribution is -0.111. The Balaban J connectivity index is 1.40. The molecule has 2 heterocycles. The molecule has 2 aromatic carbocycles. The topological polar surface area (TPSA) is 99.2 Å². The molecular weight excluding hydrogens is 404 g/mol. The van der Waals surface area contributed by atoms with Gasteiger partial charge in [-0.1, -0.05) is 17.7 Å². The summed E-state index contributed by atoms with van der Waals surface area (Å²) in [5.74, 6) is -0.0913. The molecule has 0 saturated carbocycles. The number of anilines is 1. The van der Waals surface area contributed by atoms with Crippen LogP contribution in [0, 0.1) is 0 Å². The largest absolute Gasteiger partial charge is 0.488 e. The summed E-state index contributed by atoms with van der Waals surface area (Å²) in [6, 6.07) is 14.0. The molecule has 2 amide bonds. The number of benzene rings is 2. The van der Waals surface area contributed by atoms with Crippen molar-refractivity contribution < 1.29 is 14.3 Å². The molecule has 0 radical (unpaired) electrons. The highest BCUT2D eigenvalue weighted by Crippen LogP contribution is 2.29. The number of ether oxygens (including phenoxy) is 1. The normalized spacial score (nSPS) is 12.8. The van der Waals surface area contributed by atoms with Crippen LogP contribution in [0.4, 0.5) is 5.69 Å². The summed E-state index contributed by atoms with van der Waals surface area (Å²) in [6.45, 7) is 0.379. The molecule has 0 atom stereocenters. The summed E-state index contributed by atoms with van der Waals surface area (Å²) in [4.78, 5) is 23.4. The molecule has 0 fully saturated rings. The highest BCUT2D eigenvalue weighted by molar-refractivity contribution is 6.30. The fourth-order valence-electron chi connectivity index (χ4n) is 2.93. The second-order valence-electron chi connectivity index (χ2n) is 6.57. The van der Waals surface area contributed by atoms with Crippen LogP contribution < -0.4 is 15.8 Å². The molecule has 4 rings (SSSR count). The molecule has 1 aromatic heterocycles. The van der Waals surface area contributed by atoms with Crippen LogP contribution in [0.1, 0.15) is 16.1 Å². The van der Waals surface area contributed by atoms with Crippen molar-refractivity contribution in [1.29, 1.82) is 0 Å². The molecule has 7 nitrogen and oxygen atoms in total. The smallest absolute Gasteiger partial charge is 0.269 e. The number of carbonyl (C=O) groups excluding carboxylic acids is 2. The zero-order chi connectivity index (χ0) is 21.1. The number of nitrogens with zero attached hydrogens (tertiary/aromatic N) is 2. The van der Waals surface area contributed by atoms with Crippen molar-refractivity contribution in [1.82, 2.24) is 9.78 Å². The van der Waals surface area contributed by atoms with Crippen molar-refractivity contribution in [3.8, 4) is 11.4 Å². The van der Waals surface area contributed by atoms with E-state index in [9.17, 15) is 9.59 Å². The number of aromatic nitrogens is 2. The van der Waals surface area contributed by atoms with Crippen LogP contribution in [-0.2, 0) is 4.79 Å². The van der Waals surface area contributed by atoms with Gasteiger partial charge in [0.15, 0.2) is 0 Å². The minimum absolute atomic E-state index is 0.184. The Bertz CT molecular complexity index is 1180. The number of hydrogen-bond acceptors (Lipinski definition) is 4. The fourth-order valence-corrected chi connectivity index (χ4v) is 3.11. The number of carbonyl (C=O) groups is 2. The van der Waals surface area contributed by atoms with Crippen molar-refractivity contribution in [2.45, 2.75) is 0 Å². The third-order valence-corrected chi connectivity index (χ3v) is 4.63. The van der Waals surface area contributed by atoms with E-state index in [1.54, 1.807) is 48.7 Å². The Labute approximate surface area is 177 Å². The zero-order valence-electron chi connectivity index (χ0n) is 15.7. The number of nitrogens with two attached hydrogens (primary N) is 1. The van der Waals surface area contributed by atoms with Gasteiger partial charge in [-0.3, -0.25) is 9.59 Å². The van der Waals surface area contributed by atoms with Gasteiger partial charge in [-0.05, 0) is 60.2 Å². The summed E-state index contributed by atoms with van der Waals surface area (Å²) in [5.41, 5.74) is 8.49. The Morgan fingerprint density at radius 2 is 1.97 bits per heavy atom. The summed E-state index contributed by atoms with van der Waals surface area (Å²) >= 11 is 6.01. The van der Waals surface area contributed by atoms with Gasteiger partial charge in [0.05, 0.1) is 5.69 Å². The van der Waals surface area contributed by atoms with E-state index >= 15 is 0 Å². The highest BCUT2D eigenvalue weighted by Gasteiger charge is 2.10. The van der Waals surface area contributed by atoms with Crippen LogP contribution in [0.25, 0.3) is 11.8 Å². The molecule has 0 saturated heterocycles. The highest BCUT2D eigenvalue weighted by atomic mass is 35.5. The minimum atomic E-state index is -0.588. The lowest BCUT2D eigenvalue weighted by Crippen LogP contribution is -2.12. The summed E-state index contributed by atoms with van der Waals surface area (Å²) in [5, 5.41) is 7.51. The van der Waals surface area contributed by atoms with E-state index in [0.29, 0.717) is 17.3 Å². The van der Waals surface area contributed by atoms with Crippen molar-refractivity contribution in [2.24, 2.45) is 5.73 Å². The van der Waals surface area contributed by atoms with Crippen molar-refractivity contribution in [3.05, 3.63) is 88.7 Å². The van der Waals surface area contributed by atoms with Gasteiger partial charge in [-0.15, -0.1) is 0 Å². The van der Waals surface area contributed by atoms with E-state index in [1.165, 1.54) is 10.8 Å². The van der Waals surface area contributed by atoms with E-state index < -0.39 is 5.91 Å². The number of halogens is 1. The third-order valence-electron chi connectivity index (χ3n) is 4.40. The lowest BCUT2D eigenvalue weighted by Gasteiger charge is -2.16. The molecule has 0 aliphatic carbocycles. The van der Waals surface area contributed by atoms with Crippen molar-refractivity contribution >= 4 is 35.2 Å². The quantitative estimate of drug-likeness (QED) is 0.616. The maximum Gasteiger partial charge on any atom is 0.269 e. The van der Waals surface area contributed by atoms with E-state index in [0.717, 1.165) is 22.6 Å². The minimum Gasteiger partial charge on any atom is -0.488 e. The Kier molecular flexibility index (Phi) is 5.36. The van der Waals surface area contributed by atoms with E-state index in [4.69, 9.17) is 22.1 Å². The Morgan fingerprint density at radius 1 is 1.17 bits per heavy atom. The maximum atomic E-state index is 12.2. The van der Waals surface area contributed by atoms with E-state index in [-0.39, 0.29) is 11.6 Å². The summed E-state index contributed by atoms with van der Waals surface area (Å²) in [6.07, 6.45) is 6.74. The molecule has 3 aromatic rings. The number of amides is 2. The first-order chi connectivity index (χ1) is 14.5. The van der Waals surface area contributed by atoms with Gasteiger partial charge in [0.25, 0.3) is 5.91 Å². The average molecular weight is 421 g/mol. The van der Waals surface area contributed by atoms with Crippen LogP contribution in [0.2, 0.25) is 5.02 Å². The number of hydrogen-bond donors (Lipinski definition) is 2. The SMILES string of the molecule is NC(=O)c1ccn(-c2ccc(NC(=O)/C=C/C3=Cc4cc(Cl)ccc4OC3)cc2)n1. The van der Waals surface area contributed by atoms with Crippen LogP contribution in [0.5, 0.6) is 5.75 Å². The summed E-state index contributed by atoms with van der Waals surface area (Å²) in [7, 11) is 0. The van der Waals surface area contributed by atoms with Crippen molar-refractivity contribution in [3.63, 3.8) is 0 Å². The van der Waals surface area contributed by atoms with Gasteiger partial charge in [-0.2, -0.15) is 5.10 Å². The van der Waals surface area contributed by atoms with Gasteiger partial charge in [0, 0.05) is 28.5 Å². The van der Waals surface area contributed by atoms with Gasteiger partial charge in [-0.25, -0.2) is 4.68 Å². The first kappa shape index (κ1) is 19.5. The Hall–Kier alpha value is -3.84. The second-order valence-corrected chi connectivity index (χ2v) is 7.01. The average Bonchev–Trinajstić information content (AvgIpc) is 3.23. The van der Waals surface area contributed by atoms with Crippen LogP contribution >= 0.6 is 11.6 Å². The molecule has 8 heteroatoms. The monoisotopic (exact) mass is 420 g/mol. The van der Waals surface area contributed by atoms with Gasteiger partial charge < -0.3 is 15.8 Å².